The Balaban J connectivity index is 1.93. The van der Waals surface area contributed by atoms with Crippen molar-refractivity contribution in [1.82, 2.24) is 24.8 Å². The van der Waals surface area contributed by atoms with E-state index in [0.717, 1.165) is 0 Å². The molecule has 0 unspecified atom stereocenters. The largest absolute Gasteiger partial charge is 0.479 e. The molecule has 3 heterocycles. The van der Waals surface area contributed by atoms with E-state index in [0.29, 0.717) is 5.52 Å². The topological polar surface area (TPSA) is 191 Å². The van der Waals surface area contributed by atoms with Gasteiger partial charge in [-0.3, -0.25) is 9.36 Å². The van der Waals surface area contributed by atoms with Crippen LogP contribution < -0.4 is 16.8 Å². The molecule has 4 atom stereocenters. The van der Waals surface area contributed by atoms with Crippen molar-refractivity contribution in [3.63, 3.8) is 0 Å². The van der Waals surface area contributed by atoms with E-state index in [4.69, 9.17) is 16.2 Å². The highest BCUT2D eigenvalue weighted by atomic mass is 16.6. The number of hydrogen-bond donors (Lipinski definition) is 5. The normalized spacial score (nSPS) is 26.0. The number of imidazole rings is 1. The summed E-state index contributed by atoms with van der Waals surface area (Å²) in [6.45, 7) is 0.0963. The standard InChI is InChI=1S/C13H17N7O5/c14-2-1-5(21)19-6-8(22)12(25-9(6)13(23)24)20-4-18-7-10(15)16-3-17-11(7)20/h3-4,6,8-9,12,22H,1-2,14H2,(H,19,21)(H,23,24)(H2,15,16,17)/t6-,8+,9-,12+/m0/s1. The predicted molar refractivity (Wildman–Crippen MR) is 82.9 cm³/mol. The minimum Gasteiger partial charge on any atom is -0.479 e. The number of carboxylic acid groups (broad SMARTS) is 1. The number of nitrogens with zero attached hydrogens (tertiary/aromatic N) is 4. The Morgan fingerprint density at radius 1 is 1.36 bits per heavy atom. The van der Waals surface area contributed by atoms with Crippen molar-refractivity contribution in [3.8, 4) is 0 Å². The van der Waals surface area contributed by atoms with Gasteiger partial charge in [0.1, 0.15) is 17.9 Å². The number of nitrogens with one attached hydrogen (secondary N) is 1. The van der Waals surface area contributed by atoms with Crippen LogP contribution in [0.3, 0.4) is 0 Å². The molecule has 1 aliphatic rings. The highest BCUT2D eigenvalue weighted by molar-refractivity contribution is 5.82. The van der Waals surface area contributed by atoms with E-state index >= 15 is 0 Å². The second-order valence-corrected chi connectivity index (χ2v) is 5.49. The Kier molecular flexibility index (Phi) is 4.48. The molecule has 1 saturated heterocycles. The number of rotatable bonds is 5. The van der Waals surface area contributed by atoms with Crippen molar-refractivity contribution >= 4 is 28.9 Å². The van der Waals surface area contributed by atoms with Gasteiger partial charge in [-0.05, 0) is 0 Å². The number of amides is 1. The average molecular weight is 351 g/mol. The third-order valence-corrected chi connectivity index (χ3v) is 3.88. The number of carbonyl (C=O) groups is 2. The molecule has 0 bridgehead atoms. The first-order valence-corrected chi connectivity index (χ1v) is 7.42. The molecular formula is C13H17N7O5. The van der Waals surface area contributed by atoms with Gasteiger partial charge in [0.15, 0.2) is 23.8 Å². The Labute approximate surface area is 140 Å². The zero-order valence-corrected chi connectivity index (χ0v) is 12.9. The molecule has 7 N–H and O–H groups in total. The number of aliphatic hydroxyl groups excluding tert-OH is 1. The number of fused-ring (bicyclic) bond motifs is 1. The van der Waals surface area contributed by atoms with Crippen molar-refractivity contribution < 1.29 is 24.5 Å². The van der Waals surface area contributed by atoms with E-state index < -0.39 is 36.4 Å². The van der Waals surface area contributed by atoms with Crippen molar-refractivity contribution in [2.24, 2.45) is 5.73 Å². The second kappa shape index (κ2) is 6.58. The Morgan fingerprint density at radius 3 is 2.80 bits per heavy atom. The third kappa shape index (κ3) is 2.97. The summed E-state index contributed by atoms with van der Waals surface area (Å²) in [4.78, 5) is 35.1. The second-order valence-electron chi connectivity index (χ2n) is 5.49. The number of hydrogen-bond acceptors (Lipinski definition) is 9. The lowest BCUT2D eigenvalue weighted by Crippen LogP contribution is -2.50. The van der Waals surface area contributed by atoms with Crippen LogP contribution in [0.15, 0.2) is 12.7 Å². The third-order valence-electron chi connectivity index (χ3n) is 3.88. The van der Waals surface area contributed by atoms with E-state index in [1.54, 1.807) is 0 Å². The maximum atomic E-state index is 11.8. The number of nitrogens with two attached hydrogens (primary N) is 2. The first-order valence-electron chi connectivity index (χ1n) is 7.42. The van der Waals surface area contributed by atoms with E-state index in [9.17, 15) is 19.8 Å². The van der Waals surface area contributed by atoms with Crippen LogP contribution in [0.5, 0.6) is 0 Å². The molecule has 0 radical (unpaired) electrons. The van der Waals surface area contributed by atoms with Crippen LogP contribution in [-0.4, -0.2) is 66.4 Å². The molecule has 25 heavy (non-hydrogen) atoms. The monoisotopic (exact) mass is 351 g/mol. The van der Waals surface area contributed by atoms with Crippen LogP contribution in [0, 0.1) is 0 Å². The lowest BCUT2D eigenvalue weighted by Gasteiger charge is -2.20. The van der Waals surface area contributed by atoms with Crippen LogP contribution in [-0.2, 0) is 14.3 Å². The number of anilines is 1. The van der Waals surface area contributed by atoms with E-state index in [1.165, 1.54) is 17.2 Å². The fraction of sp³-hybridized carbons (Fsp3) is 0.462. The van der Waals surface area contributed by atoms with E-state index in [2.05, 4.69) is 20.3 Å². The number of carboxylic acids is 1. The molecule has 12 nitrogen and oxygen atoms in total. The zero-order valence-electron chi connectivity index (χ0n) is 12.9. The van der Waals surface area contributed by atoms with Crippen molar-refractivity contribution in [2.75, 3.05) is 12.3 Å². The quantitative estimate of drug-likeness (QED) is 0.387. The summed E-state index contributed by atoms with van der Waals surface area (Å²) in [5.41, 5.74) is 11.6. The molecule has 12 heteroatoms. The van der Waals surface area contributed by atoms with Gasteiger partial charge in [-0.15, -0.1) is 0 Å². The molecule has 0 spiro atoms. The highest BCUT2D eigenvalue weighted by Crippen LogP contribution is 2.32. The summed E-state index contributed by atoms with van der Waals surface area (Å²) < 4.78 is 6.80. The molecule has 2 aromatic heterocycles. The van der Waals surface area contributed by atoms with E-state index in [-0.39, 0.29) is 24.4 Å². The molecule has 3 rings (SSSR count). The Hall–Kier alpha value is -2.83. The van der Waals surface area contributed by atoms with Crippen LogP contribution in [0.4, 0.5) is 5.82 Å². The summed E-state index contributed by atoms with van der Waals surface area (Å²) in [7, 11) is 0. The summed E-state index contributed by atoms with van der Waals surface area (Å²) in [5.74, 6) is -1.67. The molecular weight excluding hydrogens is 334 g/mol. The number of aliphatic hydroxyl groups is 1. The maximum absolute atomic E-state index is 11.8. The number of ether oxygens (including phenoxy) is 1. The summed E-state index contributed by atoms with van der Waals surface area (Å²) in [6.07, 6.45) is -1.39. The molecule has 2 aromatic rings. The minimum atomic E-state index is -1.45. The van der Waals surface area contributed by atoms with Gasteiger partial charge in [0, 0.05) is 13.0 Å². The number of nitrogen functional groups attached to an aromatic ring is 1. The lowest BCUT2D eigenvalue weighted by molar-refractivity contribution is -0.152. The SMILES string of the molecule is NCCC(=O)N[C@H]1[C@@H](O)[C@H](n2cnc3c(N)ncnc32)O[C@@H]1C(=O)O. The first kappa shape index (κ1) is 17.0. The van der Waals surface area contributed by atoms with E-state index in [1.807, 2.05) is 0 Å². The van der Waals surface area contributed by atoms with Gasteiger partial charge in [0.2, 0.25) is 5.91 Å². The van der Waals surface area contributed by atoms with Crippen LogP contribution >= 0.6 is 0 Å². The molecule has 1 fully saturated rings. The van der Waals surface area contributed by atoms with Crippen LogP contribution in [0.2, 0.25) is 0 Å². The predicted octanol–water partition coefficient (Wildman–Crippen LogP) is -2.41. The van der Waals surface area contributed by atoms with Gasteiger partial charge >= 0.3 is 5.97 Å². The van der Waals surface area contributed by atoms with Crippen molar-refractivity contribution in [3.05, 3.63) is 12.7 Å². The molecule has 0 aromatic carbocycles. The molecule has 1 aliphatic heterocycles. The number of aromatic nitrogens is 4. The maximum Gasteiger partial charge on any atom is 0.335 e. The van der Waals surface area contributed by atoms with Gasteiger partial charge in [0.25, 0.3) is 0 Å². The summed E-state index contributed by atoms with van der Waals surface area (Å²) in [5, 5.41) is 22.3. The van der Waals surface area contributed by atoms with Gasteiger partial charge in [-0.25, -0.2) is 19.7 Å². The molecule has 0 saturated carbocycles. The van der Waals surface area contributed by atoms with Crippen LogP contribution in [0.25, 0.3) is 11.2 Å². The fourth-order valence-corrected chi connectivity index (χ4v) is 2.72. The molecule has 1 amide bonds. The lowest BCUT2D eigenvalue weighted by atomic mass is 10.1. The minimum absolute atomic E-state index is 0.00199. The fourth-order valence-electron chi connectivity index (χ4n) is 2.72. The molecule has 134 valence electrons. The number of aliphatic carboxylic acids is 1. The van der Waals surface area contributed by atoms with Gasteiger partial charge in [0.05, 0.1) is 12.4 Å². The van der Waals surface area contributed by atoms with Crippen LogP contribution in [0.1, 0.15) is 12.6 Å². The Morgan fingerprint density at radius 2 is 2.12 bits per heavy atom. The van der Waals surface area contributed by atoms with Gasteiger partial charge in [-0.1, -0.05) is 0 Å². The number of carbonyl (C=O) groups excluding carboxylic acids is 1. The first-order chi connectivity index (χ1) is 11.9. The van der Waals surface area contributed by atoms with Crippen molar-refractivity contribution in [1.29, 1.82) is 0 Å². The van der Waals surface area contributed by atoms with Gasteiger partial charge in [-0.2, -0.15) is 0 Å². The summed E-state index contributed by atoms with van der Waals surface area (Å²) >= 11 is 0. The zero-order chi connectivity index (χ0) is 18.1. The Bertz CT molecular complexity index is 809. The summed E-state index contributed by atoms with van der Waals surface area (Å²) in [6, 6.07) is -1.15. The average Bonchev–Trinajstić information content (AvgIpc) is 3.11. The molecule has 0 aliphatic carbocycles. The van der Waals surface area contributed by atoms with Gasteiger partial charge < -0.3 is 31.7 Å². The smallest absolute Gasteiger partial charge is 0.335 e. The van der Waals surface area contributed by atoms with Crippen molar-refractivity contribution in [2.45, 2.75) is 30.9 Å². The highest BCUT2D eigenvalue weighted by Gasteiger charge is 2.49.